The largest absolute Gasteiger partial charge is 0.464 e. The fourth-order valence-corrected chi connectivity index (χ4v) is 2.22. The first-order chi connectivity index (χ1) is 9.09. The first kappa shape index (κ1) is 13.6. The number of carbonyl (C=O) groups is 2. The molecule has 1 aliphatic heterocycles. The highest BCUT2D eigenvalue weighted by molar-refractivity contribution is 5.86. The highest BCUT2D eigenvalue weighted by Gasteiger charge is 2.35. The molecule has 0 N–H and O–H groups in total. The molecule has 0 aromatic heterocycles. The summed E-state index contributed by atoms with van der Waals surface area (Å²) in [6.45, 7) is 4.55. The van der Waals surface area contributed by atoms with Crippen LogP contribution < -0.4 is 0 Å². The lowest BCUT2D eigenvalue weighted by molar-refractivity contribution is -0.149. The van der Waals surface area contributed by atoms with E-state index in [9.17, 15) is 9.59 Å². The average molecular weight is 261 g/mol. The molecule has 102 valence electrons. The molecule has 1 atom stereocenters. The molecule has 0 aliphatic carbocycles. The quantitative estimate of drug-likeness (QED) is 0.779. The van der Waals surface area contributed by atoms with Gasteiger partial charge in [-0.05, 0) is 5.56 Å². The summed E-state index contributed by atoms with van der Waals surface area (Å²) in [7, 11) is 0. The number of amides is 1. The van der Waals surface area contributed by atoms with E-state index in [0.717, 1.165) is 5.56 Å². The molecule has 0 radical (unpaired) electrons. The van der Waals surface area contributed by atoms with Crippen molar-refractivity contribution in [2.75, 3.05) is 6.61 Å². The molecule has 1 aromatic carbocycles. The van der Waals surface area contributed by atoms with E-state index < -0.39 is 6.04 Å². The molecule has 1 aliphatic rings. The average Bonchev–Trinajstić information content (AvgIpc) is 2.82. The van der Waals surface area contributed by atoms with Crippen molar-refractivity contribution in [3.63, 3.8) is 0 Å². The number of esters is 1. The smallest absolute Gasteiger partial charge is 0.329 e. The topological polar surface area (TPSA) is 46.6 Å². The van der Waals surface area contributed by atoms with E-state index in [-0.39, 0.29) is 17.8 Å². The van der Waals surface area contributed by atoms with Crippen LogP contribution in [0.3, 0.4) is 0 Å². The zero-order valence-electron chi connectivity index (χ0n) is 11.3. The Labute approximate surface area is 113 Å². The molecule has 19 heavy (non-hydrogen) atoms. The van der Waals surface area contributed by atoms with E-state index in [1.54, 1.807) is 4.90 Å². The van der Waals surface area contributed by atoms with Gasteiger partial charge in [-0.15, -0.1) is 0 Å². The molecule has 1 amide bonds. The number of ether oxygens (including phenoxy) is 1. The molecule has 1 saturated heterocycles. The first-order valence-electron chi connectivity index (χ1n) is 6.60. The maximum Gasteiger partial charge on any atom is 0.329 e. The zero-order chi connectivity index (χ0) is 13.8. The Hall–Kier alpha value is -1.84. The van der Waals surface area contributed by atoms with E-state index in [2.05, 4.69) is 0 Å². The third-order valence-corrected chi connectivity index (χ3v) is 3.26. The Kier molecular flexibility index (Phi) is 4.20. The van der Waals surface area contributed by atoms with Crippen molar-refractivity contribution in [1.29, 1.82) is 0 Å². The molecule has 4 heteroatoms. The Morgan fingerprint density at radius 1 is 1.37 bits per heavy atom. The molecule has 4 nitrogen and oxygen atoms in total. The van der Waals surface area contributed by atoms with Gasteiger partial charge in [-0.3, -0.25) is 4.79 Å². The van der Waals surface area contributed by atoms with Gasteiger partial charge in [-0.1, -0.05) is 44.2 Å². The second kappa shape index (κ2) is 5.87. The van der Waals surface area contributed by atoms with Gasteiger partial charge in [0.25, 0.3) is 0 Å². The molecule has 0 saturated carbocycles. The Morgan fingerprint density at radius 3 is 2.58 bits per heavy atom. The van der Waals surface area contributed by atoms with Crippen molar-refractivity contribution in [1.82, 2.24) is 4.90 Å². The molecule has 0 bridgehead atoms. The minimum Gasteiger partial charge on any atom is -0.464 e. The van der Waals surface area contributed by atoms with Gasteiger partial charge in [-0.25, -0.2) is 4.79 Å². The summed E-state index contributed by atoms with van der Waals surface area (Å²) in [4.78, 5) is 25.7. The zero-order valence-corrected chi connectivity index (χ0v) is 11.3. The van der Waals surface area contributed by atoms with Crippen LogP contribution in [0.2, 0.25) is 0 Å². The van der Waals surface area contributed by atoms with Gasteiger partial charge >= 0.3 is 5.97 Å². The van der Waals surface area contributed by atoms with Gasteiger partial charge in [0, 0.05) is 18.9 Å². The number of cyclic esters (lactones) is 1. The fraction of sp³-hybridized carbons (Fsp3) is 0.467. The van der Waals surface area contributed by atoms with E-state index in [1.165, 1.54) is 0 Å². The Bertz CT molecular complexity index is 456. The number of nitrogens with zero attached hydrogens (tertiary/aromatic N) is 1. The lowest BCUT2D eigenvalue weighted by Crippen LogP contribution is -2.44. The van der Waals surface area contributed by atoms with Crippen LogP contribution in [-0.4, -0.2) is 29.4 Å². The Morgan fingerprint density at radius 2 is 2.05 bits per heavy atom. The summed E-state index contributed by atoms with van der Waals surface area (Å²) in [5, 5.41) is 0. The fourth-order valence-electron chi connectivity index (χ4n) is 2.22. The van der Waals surface area contributed by atoms with E-state index in [4.69, 9.17) is 4.74 Å². The van der Waals surface area contributed by atoms with E-state index >= 15 is 0 Å². The van der Waals surface area contributed by atoms with Crippen molar-refractivity contribution in [3.8, 4) is 0 Å². The van der Waals surface area contributed by atoms with Gasteiger partial charge in [0.05, 0.1) is 6.61 Å². The summed E-state index contributed by atoms with van der Waals surface area (Å²) in [5.74, 6) is -0.422. The highest BCUT2D eigenvalue weighted by atomic mass is 16.5. The summed E-state index contributed by atoms with van der Waals surface area (Å²) in [6.07, 6.45) is 0.587. The minimum absolute atomic E-state index is 0.00676. The minimum atomic E-state index is -0.435. The third-order valence-electron chi connectivity index (χ3n) is 3.26. The van der Waals surface area contributed by atoms with Crippen LogP contribution in [-0.2, 0) is 20.9 Å². The van der Waals surface area contributed by atoms with Gasteiger partial charge < -0.3 is 9.64 Å². The summed E-state index contributed by atoms with van der Waals surface area (Å²) in [5.41, 5.74) is 1.02. The van der Waals surface area contributed by atoms with Crippen molar-refractivity contribution in [2.24, 2.45) is 5.92 Å². The van der Waals surface area contributed by atoms with E-state index in [1.807, 2.05) is 44.2 Å². The lowest BCUT2D eigenvalue weighted by Gasteiger charge is -2.28. The molecule has 2 rings (SSSR count). The number of carbonyl (C=O) groups excluding carboxylic acids is 2. The molecular weight excluding hydrogens is 242 g/mol. The van der Waals surface area contributed by atoms with Crippen LogP contribution in [0.15, 0.2) is 30.3 Å². The van der Waals surface area contributed by atoms with E-state index in [0.29, 0.717) is 19.6 Å². The third kappa shape index (κ3) is 3.13. The van der Waals surface area contributed by atoms with Crippen molar-refractivity contribution >= 4 is 11.9 Å². The van der Waals surface area contributed by atoms with Crippen LogP contribution >= 0.6 is 0 Å². The van der Waals surface area contributed by atoms with Gasteiger partial charge in [-0.2, -0.15) is 0 Å². The number of hydrogen-bond acceptors (Lipinski definition) is 3. The second-order valence-corrected chi connectivity index (χ2v) is 5.08. The standard InChI is InChI=1S/C15H19NO3/c1-11(2)14(17)16(13-8-9-19-15(13)18)10-12-6-4-3-5-7-12/h3-7,11,13H,8-10H2,1-2H3. The van der Waals surface area contributed by atoms with Gasteiger partial charge in [0.1, 0.15) is 6.04 Å². The lowest BCUT2D eigenvalue weighted by atomic mass is 10.1. The van der Waals surface area contributed by atoms with Crippen molar-refractivity contribution in [3.05, 3.63) is 35.9 Å². The van der Waals surface area contributed by atoms with Crippen LogP contribution in [0.25, 0.3) is 0 Å². The molecule has 1 aromatic rings. The number of benzene rings is 1. The second-order valence-electron chi connectivity index (χ2n) is 5.08. The maximum absolute atomic E-state index is 12.3. The van der Waals surface area contributed by atoms with Crippen LogP contribution in [0.1, 0.15) is 25.8 Å². The Balaban J connectivity index is 2.19. The number of hydrogen-bond donors (Lipinski definition) is 0. The van der Waals surface area contributed by atoms with Crippen LogP contribution in [0.5, 0.6) is 0 Å². The summed E-state index contributed by atoms with van der Waals surface area (Å²) >= 11 is 0. The first-order valence-corrected chi connectivity index (χ1v) is 6.60. The van der Waals surface area contributed by atoms with Gasteiger partial charge in [0.2, 0.25) is 5.91 Å². The maximum atomic E-state index is 12.3. The highest BCUT2D eigenvalue weighted by Crippen LogP contribution is 2.19. The SMILES string of the molecule is CC(C)C(=O)N(Cc1ccccc1)C1CCOC1=O. The molecule has 1 heterocycles. The monoisotopic (exact) mass is 261 g/mol. The molecular formula is C15H19NO3. The predicted molar refractivity (Wildman–Crippen MR) is 71.2 cm³/mol. The summed E-state index contributed by atoms with van der Waals surface area (Å²) in [6, 6.07) is 9.28. The normalized spacial score (nSPS) is 18.5. The molecule has 0 spiro atoms. The predicted octanol–water partition coefficient (Wildman–Crippen LogP) is 1.99. The van der Waals surface area contributed by atoms with Crippen LogP contribution in [0.4, 0.5) is 0 Å². The van der Waals surface area contributed by atoms with Crippen LogP contribution in [0, 0.1) is 5.92 Å². The van der Waals surface area contributed by atoms with Crippen molar-refractivity contribution in [2.45, 2.75) is 32.9 Å². The van der Waals surface area contributed by atoms with Gasteiger partial charge in [0.15, 0.2) is 0 Å². The number of rotatable bonds is 4. The van der Waals surface area contributed by atoms with Crippen molar-refractivity contribution < 1.29 is 14.3 Å². The summed E-state index contributed by atoms with van der Waals surface area (Å²) < 4.78 is 4.98. The molecule has 1 unspecified atom stereocenters. The molecule has 1 fully saturated rings.